The van der Waals surface area contributed by atoms with Crippen molar-refractivity contribution >= 4 is 17.8 Å². The third-order valence-corrected chi connectivity index (χ3v) is 5.11. The largest absolute Gasteiger partial charge is 0.353 e. The second-order valence-corrected chi connectivity index (χ2v) is 7.32. The Morgan fingerprint density at radius 1 is 1.07 bits per heavy atom. The Morgan fingerprint density at radius 2 is 1.86 bits per heavy atom. The number of benzene rings is 1. The van der Waals surface area contributed by atoms with E-state index in [0.29, 0.717) is 12.2 Å². The molecule has 2 aromatic rings. The summed E-state index contributed by atoms with van der Waals surface area (Å²) in [4.78, 5) is 25.5. The van der Waals surface area contributed by atoms with Crippen LogP contribution in [-0.2, 0) is 0 Å². The summed E-state index contributed by atoms with van der Waals surface area (Å²) in [6.07, 6.45) is 11.0. The van der Waals surface area contributed by atoms with E-state index in [0.717, 1.165) is 57.8 Å². The van der Waals surface area contributed by atoms with Crippen molar-refractivity contribution in [2.75, 3.05) is 44.2 Å². The molecule has 0 saturated carbocycles. The first-order chi connectivity index (χ1) is 14.3. The molecule has 1 saturated heterocycles. The normalized spacial score (nSPS) is 15.0. The molecule has 1 aromatic carbocycles. The lowest BCUT2D eigenvalue weighted by Gasteiger charge is -2.34. The minimum atomic E-state index is -0.143. The molecule has 1 amide bonds. The van der Waals surface area contributed by atoms with Crippen LogP contribution >= 0.6 is 0 Å². The second kappa shape index (κ2) is 11.3. The van der Waals surface area contributed by atoms with Gasteiger partial charge in [0, 0.05) is 39.3 Å². The number of amides is 1. The van der Waals surface area contributed by atoms with Crippen molar-refractivity contribution in [2.24, 2.45) is 0 Å². The van der Waals surface area contributed by atoms with Gasteiger partial charge in [0.15, 0.2) is 0 Å². The molecule has 0 spiro atoms. The minimum Gasteiger partial charge on any atom is -0.353 e. The smallest absolute Gasteiger partial charge is 0.271 e. The van der Waals surface area contributed by atoms with Crippen molar-refractivity contribution in [3.8, 4) is 0 Å². The minimum absolute atomic E-state index is 0.143. The van der Waals surface area contributed by atoms with Crippen molar-refractivity contribution in [1.29, 1.82) is 0 Å². The van der Waals surface area contributed by atoms with E-state index in [2.05, 4.69) is 68.4 Å². The highest BCUT2D eigenvalue weighted by atomic mass is 16.1. The number of nitrogens with zero attached hydrogens (tertiary/aromatic N) is 4. The number of hydrogen-bond donors (Lipinski definition) is 1. The third kappa shape index (κ3) is 6.68. The third-order valence-electron chi connectivity index (χ3n) is 5.11. The maximum atomic E-state index is 12.1. The first-order valence-corrected chi connectivity index (χ1v) is 10.6. The molecule has 1 aliphatic rings. The number of hydrogen-bond acceptors (Lipinski definition) is 5. The van der Waals surface area contributed by atoms with Crippen LogP contribution in [0.1, 0.15) is 42.2 Å². The van der Waals surface area contributed by atoms with E-state index in [-0.39, 0.29) is 5.91 Å². The standard InChI is InChI=1S/C23H31N5O/c1-2-3-7-12-24-23(29)21-18-26-22(19-25-21)28-16-14-27(15-17-28)13-8-11-20-9-5-4-6-10-20/h4-6,8-11,18-19H,2-3,7,12-17H2,1H3,(H,24,29)/b11-8+. The predicted molar refractivity (Wildman–Crippen MR) is 118 cm³/mol. The van der Waals surface area contributed by atoms with Gasteiger partial charge in [0.05, 0.1) is 12.4 Å². The van der Waals surface area contributed by atoms with Gasteiger partial charge in [-0.25, -0.2) is 9.97 Å². The van der Waals surface area contributed by atoms with Gasteiger partial charge in [0.25, 0.3) is 5.91 Å². The number of aromatic nitrogens is 2. The summed E-state index contributed by atoms with van der Waals surface area (Å²) >= 11 is 0. The first kappa shape index (κ1) is 21.0. The number of unbranched alkanes of at least 4 members (excludes halogenated alkanes) is 2. The van der Waals surface area contributed by atoms with Crippen LogP contribution in [0.25, 0.3) is 6.08 Å². The fourth-order valence-electron chi connectivity index (χ4n) is 3.33. The molecular formula is C23H31N5O. The summed E-state index contributed by atoms with van der Waals surface area (Å²) in [6.45, 7) is 7.59. The molecule has 1 aromatic heterocycles. The second-order valence-electron chi connectivity index (χ2n) is 7.32. The molecule has 0 bridgehead atoms. The van der Waals surface area contributed by atoms with Gasteiger partial charge in [-0.3, -0.25) is 9.69 Å². The highest BCUT2D eigenvalue weighted by Gasteiger charge is 2.18. The molecular weight excluding hydrogens is 362 g/mol. The van der Waals surface area contributed by atoms with Crippen LogP contribution in [0.2, 0.25) is 0 Å². The molecule has 0 aliphatic carbocycles. The number of piperazine rings is 1. The fourth-order valence-corrected chi connectivity index (χ4v) is 3.33. The summed E-state index contributed by atoms with van der Waals surface area (Å²) in [5.74, 6) is 0.696. The maximum absolute atomic E-state index is 12.1. The van der Waals surface area contributed by atoms with E-state index < -0.39 is 0 Å². The van der Waals surface area contributed by atoms with Gasteiger partial charge in [-0.15, -0.1) is 0 Å². The van der Waals surface area contributed by atoms with E-state index in [4.69, 9.17) is 0 Å². The van der Waals surface area contributed by atoms with Crippen molar-refractivity contribution in [2.45, 2.75) is 26.2 Å². The maximum Gasteiger partial charge on any atom is 0.271 e. The molecule has 6 heteroatoms. The summed E-state index contributed by atoms with van der Waals surface area (Å²) in [5, 5.41) is 2.90. The van der Waals surface area contributed by atoms with Crippen LogP contribution in [0, 0.1) is 0 Å². The molecule has 3 rings (SSSR count). The Morgan fingerprint density at radius 3 is 2.55 bits per heavy atom. The van der Waals surface area contributed by atoms with Gasteiger partial charge in [0.1, 0.15) is 11.5 Å². The van der Waals surface area contributed by atoms with Crippen LogP contribution in [0.3, 0.4) is 0 Å². The lowest BCUT2D eigenvalue weighted by atomic mass is 10.2. The van der Waals surface area contributed by atoms with Crippen molar-refractivity contribution in [1.82, 2.24) is 20.2 Å². The lowest BCUT2D eigenvalue weighted by molar-refractivity contribution is 0.0947. The van der Waals surface area contributed by atoms with Gasteiger partial charge in [-0.1, -0.05) is 62.2 Å². The van der Waals surface area contributed by atoms with Crippen LogP contribution in [0.5, 0.6) is 0 Å². The number of carbonyl (C=O) groups excluding carboxylic acids is 1. The van der Waals surface area contributed by atoms with E-state index in [1.165, 1.54) is 5.56 Å². The van der Waals surface area contributed by atoms with Gasteiger partial charge in [-0.2, -0.15) is 0 Å². The Hall–Kier alpha value is -2.73. The van der Waals surface area contributed by atoms with Crippen LogP contribution < -0.4 is 10.2 Å². The molecule has 0 radical (unpaired) electrons. The monoisotopic (exact) mass is 393 g/mol. The number of carbonyl (C=O) groups is 1. The highest BCUT2D eigenvalue weighted by molar-refractivity contribution is 5.91. The van der Waals surface area contributed by atoms with Crippen molar-refractivity contribution < 1.29 is 4.79 Å². The molecule has 154 valence electrons. The zero-order valence-corrected chi connectivity index (χ0v) is 17.3. The number of anilines is 1. The first-order valence-electron chi connectivity index (χ1n) is 10.6. The summed E-state index contributed by atoms with van der Waals surface area (Å²) in [5.41, 5.74) is 1.62. The molecule has 0 unspecified atom stereocenters. The highest BCUT2D eigenvalue weighted by Crippen LogP contribution is 2.13. The van der Waals surface area contributed by atoms with Gasteiger partial charge in [-0.05, 0) is 12.0 Å². The quantitative estimate of drug-likeness (QED) is 0.663. The SMILES string of the molecule is CCCCCNC(=O)c1cnc(N2CCN(C/C=C/c3ccccc3)CC2)cn1. The molecule has 1 N–H and O–H groups in total. The van der Waals surface area contributed by atoms with Crippen LogP contribution in [0.15, 0.2) is 48.8 Å². The van der Waals surface area contributed by atoms with Crippen LogP contribution in [-0.4, -0.2) is 60.0 Å². The van der Waals surface area contributed by atoms with Gasteiger partial charge < -0.3 is 10.2 Å². The molecule has 6 nitrogen and oxygen atoms in total. The van der Waals surface area contributed by atoms with E-state index in [1.807, 2.05) is 6.07 Å². The summed E-state index contributed by atoms with van der Waals surface area (Å²) in [6, 6.07) is 10.4. The van der Waals surface area contributed by atoms with E-state index in [9.17, 15) is 4.79 Å². The van der Waals surface area contributed by atoms with Crippen molar-refractivity contribution in [3.63, 3.8) is 0 Å². The average Bonchev–Trinajstić information content (AvgIpc) is 2.78. The Labute approximate surface area is 173 Å². The zero-order valence-electron chi connectivity index (χ0n) is 17.3. The topological polar surface area (TPSA) is 61.4 Å². The lowest BCUT2D eigenvalue weighted by Crippen LogP contribution is -2.46. The Balaban J connectivity index is 1.42. The molecule has 2 heterocycles. The Bertz CT molecular complexity index is 768. The average molecular weight is 394 g/mol. The molecule has 29 heavy (non-hydrogen) atoms. The number of nitrogens with one attached hydrogen (secondary N) is 1. The molecule has 1 aliphatic heterocycles. The van der Waals surface area contributed by atoms with Crippen LogP contribution in [0.4, 0.5) is 5.82 Å². The van der Waals surface area contributed by atoms with Crippen molar-refractivity contribution in [3.05, 3.63) is 60.1 Å². The van der Waals surface area contributed by atoms with E-state index in [1.54, 1.807) is 12.4 Å². The summed E-state index contributed by atoms with van der Waals surface area (Å²) in [7, 11) is 0. The Kier molecular flexibility index (Phi) is 8.19. The fraction of sp³-hybridized carbons (Fsp3) is 0.435. The molecule has 0 atom stereocenters. The summed E-state index contributed by atoms with van der Waals surface area (Å²) < 4.78 is 0. The van der Waals surface area contributed by atoms with Gasteiger partial charge in [0.2, 0.25) is 0 Å². The number of rotatable bonds is 9. The predicted octanol–water partition coefficient (Wildman–Crippen LogP) is 3.23. The molecule has 1 fully saturated rings. The van der Waals surface area contributed by atoms with Gasteiger partial charge >= 0.3 is 0 Å². The van der Waals surface area contributed by atoms with E-state index >= 15 is 0 Å². The zero-order chi connectivity index (χ0) is 20.3.